The Labute approximate surface area is 142 Å². The first-order valence-corrected chi connectivity index (χ1v) is 8.28. The zero-order valence-corrected chi connectivity index (χ0v) is 14.4. The number of carbonyl (C=O) groups is 2. The van der Waals surface area contributed by atoms with E-state index in [1.807, 2.05) is 44.2 Å². The van der Waals surface area contributed by atoms with Crippen LogP contribution in [0.15, 0.2) is 30.3 Å². The number of benzene rings is 1. The van der Waals surface area contributed by atoms with Gasteiger partial charge in [0.25, 0.3) is 0 Å². The van der Waals surface area contributed by atoms with Gasteiger partial charge in [-0.25, -0.2) is 0 Å². The standard InChI is InChI=1S/C17H24N2O3S/c1-3-12-22-16(21)11-10-15(20)19-17(23)18-14(4-2)13-8-6-5-7-9-13/h5-9,14H,3-4,10-12H2,1-2H3,(H2,18,19,20,23). The van der Waals surface area contributed by atoms with E-state index in [1.54, 1.807) is 0 Å². The minimum atomic E-state index is -0.364. The van der Waals surface area contributed by atoms with Gasteiger partial charge in [-0.15, -0.1) is 0 Å². The highest BCUT2D eigenvalue weighted by atomic mass is 32.1. The fourth-order valence-electron chi connectivity index (χ4n) is 1.99. The first-order valence-electron chi connectivity index (χ1n) is 7.87. The highest BCUT2D eigenvalue weighted by molar-refractivity contribution is 7.80. The molecule has 0 radical (unpaired) electrons. The normalized spacial score (nSPS) is 11.4. The molecule has 1 aromatic carbocycles. The second-order valence-electron chi connectivity index (χ2n) is 5.11. The number of ether oxygens (including phenoxy) is 1. The number of thiocarbonyl (C=S) groups is 1. The molecular weight excluding hydrogens is 312 g/mol. The van der Waals surface area contributed by atoms with E-state index in [1.165, 1.54) is 0 Å². The van der Waals surface area contributed by atoms with E-state index in [2.05, 4.69) is 10.6 Å². The van der Waals surface area contributed by atoms with Crippen molar-refractivity contribution in [3.63, 3.8) is 0 Å². The molecule has 23 heavy (non-hydrogen) atoms. The van der Waals surface area contributed by atoms with Crippen molar-refractivity contribution < 1.29 is 14.3 Å². The van der Waals surface area contributed by atoms with Crippen molar-refractivity contribution in [2.24, 2.45) is 0 Å². The summed E-state index contributed by atoms with van der Waals surface area (Å²) in [6, 6.07) is 9.93. The van der Waals surface area contributed by atoms with Gasteiger partial charge < -0.3 is 15.4 Å². The van der Waals surface area contributed by atoms with Gasteiger partial charge in [-0.2, -0.15) is 0 Å². The Bertz CT molecular complexity index is 520. The molecule has 6 heteroatoms. The van der Waals surface area contributed by atoms with Crippen molar-refractivity contribution in [2.45, 2.75) is 45.6 Å². The van der Waals surface area contributed by atoms with E-state index in [4.69, 9.17) is 17.0 Å². The average molecular weight is 336 g/mol. The molecule has 2 N–H and O–H groups in total. The Morgan fingerprint density at radius 1 is 1.17 bits per heavy atom. The summed E-state index contributed by atoms with van der Waals surface area (Å²) in [5.74, 6) is -0.657. The molecule has 1 amide bonds. The Morgan fingerprint density at radius 2 is 1.87 bits per heavy atom. The summed E-state index contributed by atoms with van der Waals surface area (Å²) in [6.45, 7) is 4.34. The topological polar surface area (TPSA) is 67.4 Å². The molecule has 0 aromatic heterocycles. The summed E-state index contributed by atoms with van der Waals surface area (Å²) < 4.78 is 4.92. The van der Waals surface area contributed by atoms with Gasteiger partial charge in [0.1, 0.15) is 0 Å². The van der Waals surface area contributed by atoms with Gasteiger partial charge in [0.2, 0.25) is 5.91 Å². The summed E-state index contributed by atoms with van der Waals surface area (Å²) in [7, 11) is 0. The zero-order chi connectivity index (χ0) is 17.1. The molecule has 0 heterocycles. The molecule has 0 bridgehead atoms. The Balaban J connectivity index is 2.37. The largest absolute Gasteiger partial charge is 0.466 e. The van der Waals surface area contributed by atoms with E-state index < -0.39 is 0 Å². The summed E-state index contributed by atoms with van der Waals surface area (Å²) in [4.78, 5) is 23.1. The minimum Gasteiger partial charge on any atom is -0.466 e. The van der Waals surface area contributed by atoms with Crippen LogP contribution >= 0.6 is 12.2 Å². The molecule has 1 rings (SSSR count). The van der Waals surface area contributed by atoms with Crippen molar-refractivity contribution in [1.82, 2.24) is 10.6 Å². The van der Waals surface area contributed by atoms with Crippen LogP contribution in [0.2, 0.25) is 0 Å². The highest BCUT2D eigenvalue weighted by Gasteiger charge is 2.13. The lowest BCUT2D eigenvalue weighted by Gasteiger charge is -2.19. The van der Waals surface area contributed by atoms with E-state index >= 15 is 0 Å². The quantitative estimate of drug-likeness (QED) is 0.564. The lowest BCUT2D eigenvalue weighted by atomic mass is 10.1. The predicted molar refractivity (Wildman–Crippen MR) is 93.8 cm³/mol. The van der Waals surface area contributed by atoms with E-state index in [-0.39, 0.29) is 35.9 Å². The Kier molecular flexibility index (Phi) is 8.90. The van der Waals surface area contributed by atoms with Gasteiger partial charge in [0.15, 0.2) is 5.11 Å². The third kappa shape index (κ3) is 7.74. The molecular formula is C17H24N2O3S. The number of hydrogen-bond acceptors (Lipinski definition) is 4. The number of hydrogen-bond donors (Lipinski definition) is 2. The molecule has 0 aliphatic carbocycles. The van der Waals surface area contributed by atoms with Crippen molar-refractivity contribution in [3.05, 3.63) is 35.9 Å². The van der Waals surface area contributed by atoms with E-state index in [0.29, 0.717) is 6.61 Å². The van der Waals surface area contributed by atoms with E-state index in [0.717, 1.165) is 18.4 Å². The maximum absolute atomic E-state index is 11.8. The SMILES string of the molecule is CCCOC(=O)CCC(=O)NC(=S)NC(CC)c1ccccc1. The van der Waals surface area contributed by atoms with Crippen LogP contribution in [0.4, 0.5) is 0 Å². The summed E-state index contributed by atoms with van der Waals surface area (Å²) in [6.07, 6.45) is 1.73. The predicted octanol–water partition coefficient (Wildman–Crippen LogP) is 2.86. The second-order valence-corrected chi connectivity index (χ2v) is 5.52. The lowest BCUT2D eigenvalue weighted by Crippen LogP contribution is -2.41. The van der Waals surface area contributed by atoms with Crippen LogP contribution in [-0.2, 0) is 14.3 Å². The molecule has 1 unspecified atom stereocenters. The van der Waals surface area contributed by atoms with Gasteiger partial charge >= 0.3 is 5.97 Å². The van der Waals surface area contributed by atoms with Crippen LogP contribution in [0.5, 0.6) is 0 Å². The van der Waals surface area contributed by atoms with Crippen LogP contribution < -0.4 is 10.6 Å². The van der Waals surface area contributed by atoms with Gasteiger partial charge in [-0.1, -0.05) is 44.2 Å². The van der Waals surface area contributed by atoms with Gasteiger partial charge in [0, 0.05) is 6.42 Å². The minimum absolute atomic E-state index is 0.0403. The van der Waals surface area contributed by atoms with Crippen molar-refractivity contribution in [1.29, 1.82) is 0 Å². The fourth-order valence-corrected chi connectivity index (χ4v) is 2.25. The number of rotatable bonds is 8. The summed E-state index contributed by atoms with van der Waals surface area (Å²) >= 11 is 5.16. The first-order chi connectivity index (χ1) is 11.1. The van der Waals surface area contributed by atoms with Gasteiger partial charge in [-0.3, -0.25) is 9.59 Å². The lowest BCUT2D eigenvalue weighted by molar-refractivity contribution is -0.144. The van der Waals surface area contributed by atoms with Crippen LogP contribution in [0.3, 0.4) is 0 Å². The first kappa shape index (κ1) is 19.1. The molecule has 126 valence electrons. The van der Waals surface area contributed by atoms with Crippen molar-refractivity contribution in [2.75, 3.05) is 6.61 Å². The van der Waals surface area contributed by atoms with Crippen molar-refractivity contribution in [3.8, 4) is 0 Å². The van der Waals surface area contributed by atoms with Crippen LogP contribution in [0.1, 0.15) is 51.1 Å². The maximum Gasteiger partial charge on any atom is 0.306 e. The number of nitrogens with one attached hydrogen (secondary N) is 2. The molecule has 0 spiro atoms. The number of amides is 1. The average Bonchev–Trinajstić information content (AvgIpc) is 2.56. The number of carbonyl (C=O) groups excluding carboxylic acids is 2. The summed E-state index contributed by atoms with van der Waals surface area (Å²) in [5.41, 5.74) is 1.11. The van der Waals surface area contributed by atoms with Crippen LogP contribution in [-0.4, -0.2) is 23.6 Å². The molecule has 0 fully saturated rings. The maximum atomic E-state index is 11.8. The molecule has 0 aliphatic heterocycles. The molecule has 0 saturated heterocycles. The van der Waals surface area contributed by atoms with Gasteiger partial charge in [0.05, 0.1) is 19.1 Å². The third-order valence-electron chi connectivity index (χ3n) is 3.19. The molecule has 1 atom stereocenters. The van der Waals surface area contributed by atoms with Gasteiger partial charge in [-0.05, 0) is 30.6 Å². The molecule has 1 aromatic rings. The number of esters is 1. The third-order valence-corrected chi connectivity index (χ3v) is 3.41. The summed E-state index contributed by atoms with van der Waals surface area (Å²) in [5, 5.41) is 5.99. The fraction of sp³-hybridized carbons (Fsp3) is 0.471. The monoisotopic (exact) mass is 336 g/mol. The van der Waals surface area contributed by atoms with Crippen LogP contribution in [0, 0.1) is 0 Å². The Hall–Kier alpha value is -1.95. The molecule has 0 aliphatic rings. The van der Waals surface area contributed by atoms with E-state index in [9.17, 15) is 9.59 Å². The second kappa shape index (κ2) is 10.7. The zero-order valence-electron chi connectivity index (χ0n) is 13.6. The Morgan fingerprint density at radius 3 is 2.48 bits per heavy atom. The van der Waals surface area contributed by atoms with Crippen molar-refractivity contribution >= 4 is 29.2 Å². The molecule has 5 nitrogen and oxygen atoms in total. The molecule has 0 saturated carbocycles. The van der Waals surface area contributed by atoms with Crippen LogP contribution in [0.25, 0.3) is 0 Å². The smallest absolute Gasteiger partial charge is 0.306 e. The highest BCUT2D eigenvalue weighted by Crippen LogP contribution is 2.15.